The Kier molecular flexibility index (Phi) is 10.7. The summed E-state index contributed by atoms with van der Waals surface area (Å²) in [5, 5.41) is 13.7. The maximum Gasteiger partial charge on any atom is 0.121 e. The quantitative estimate of drug-likeness (QED) is 0.751. The van der Waals surface area contributed by atoms with Crippen LogP contribution in [0.3, 0.4) is 0 Å². The van der Waals surface area contributed by atoms with E-state index in [1.807, 2.05) is 6.07 Å². The molecule has 2 N–H and O–H groups in total. The third-order valence-electron chi connectivity index (χ3n) is 3.96. The smallest absolute Gasteiger partial charge is 0.121 e. The fraction of sp³-hybridized carbons (Fsp3) is 0.625. The zero-order valence-corrected chi connectivity index (χ0v) is 16.4. The highest BCUT2D eigenvalue weighted by atomic mass is 79.9. The highest BCUT2D eigenvalue weighted by Gasteiger charge is 2.24. The van der Waals surface area contributed by atoms with Gasteiger partial charge in [-0.1, -0.05) is 35.8 Å². The summed E-state index contributed by atoms with van der Waals surface area (Å²) in [5.41, 5.74) is 1.07. The number of aromatic hydroxyl groups is 1. The van der Waals surface area contributed by atoms with Gasteiger partial charge in [0.2, 0.25) is 0 Å². The van der Waals surface area contributed by atoms with E-state index in [9.17, 15) is 5.11 Å². The first kappa shape index (κ1) is 22.0. The second kappa shape index (κ2) is 10.7. The van der Waals surface area contributed by atoms with Gasteiger partial charge in [-0.3, -0.25) is 4.90 Å². The van der Waals surface area contributed by atoms with Crippen LogP contribution in [0.1, 0.15) is 38.3 Å². The number of hydrogen-bond acceptors (Lipinski definition) is 3. The Morgan fingerprint density at radius 3 is 2.36 bits per heavy atom. The van der Waals surface area contributed by atoms with Gasteiger partial charge in [-0.05, 0) is 30.9 Å². The number of nitrogens with one attached hydrogen (secondary N) is 1. The molecule has 0 bridgehead atoms. The van der Waals surface area contributed by atoms with Crippen LogP contribution < -0.4 is 5.32 Å². The molecule has 0 aliphatic carbocycles. The number of piperazine rings is 1. The molecule has 1 fully saturated rings. The molecular weight excluding hydrogens is 387 g/mol. The van der Waals surface area contributed by atoms with E-state index in [1.54, 1.807) is 6.07 Å². The number of benzene rings is 1. The molecule has 1 atom stereocenters. The maximum atomic E-state index is 10.3. The van der Waals surface area contributed by atoms with E-state index >= 15 is 0 Å². The molecule has 1 aliphatic heterocycles. The summed E-state index contributed by atoms with van der Waals surface area (Å²) in [6.07, 6.45) is 2.29. The Morgan fingerprint density at radius 1 is 1.18 bits per heavy atom. The van der Waals surface area contributed by atoms with Crippen molar-refractivity contribution in [3.05, 3.63) is 28.2 Å². The highest BCUT2D eigenvalue weighted by molar-refractivity contribution is 9.10. The standard InChI is InChI=1S/C16H25BrN2O.2ClH/c1-12(2)3-6-15(19-9-7-18-8-10-19)14-5-4-13(17)11-16(14)20;;/h4-5,11-12,15,18,20H,3,6-10H2,1-2H3;2*1H/t15-;;/m0../s1. The van der Waals surface area contributed by atoms with Crippen LogP contribution in [0, 0.1) is 5.92 Å². The molecule has 1 heterocycles. The van der Waals surface area contributed by atoms with Gasteiger partial charge >= 0.3 is 0 Å². The molecule has 1 aliphatic rings. The number of rotatable bonds is 5. The topological polar surface area (TPSA) is 35.5 Å². The first-order valence-corrected chi connectivity index (χ1v) is 8.30. The summed E-state index contributed by atoms with van der Waals surface area (Å²) in [6, 6.07) is 6.22. The van der Waals surface area contributed by atoms with Crippen molar-refractivity contribution in [2.75, 3.05) is 26.2 Å². The third-order valence-corrected chi connectivity index (χ3v) is 4.45. The van der Waals surface area contributed by atoms with E-state index in [-0.39, 0.29) is 24.8 Å². The van der Waals surface area contributed by atoms with Crippen LogP contribution in [0.2, 0.25) is 0 Å². The van der Waals surface area contributed by atoms with Gasteiger partial charge in [-0.25, -0.2) is 0 Å². The van der Waals surface area contributed by atoms with Gasteiger partial charge in [-0.15, -0.1) is 24.8 Å². The fourth-order valence-electron chi connectivity index (χ4n) is 2.82. The van der Waals surface area contributed by atoms with Crippen molar-refractivity contribution in [1.29, 1.82) is 0 Å². The lowest BCUT2D eigenvalue weighted by molar-refractivity contribution is 0.157. The van der Waals surface area contributed by atoms with Crippen molar-refractivity contribution in [3.63, 3.8) is 0 Å². The fourth-order valence-corrected chi connectivity index (χ4v) is 3.17. The molecule has 1 aromatic rings. The molecule has 1 aromatic carbocycles. The second-order valence-electron chi connectivity index (χ2n) is 5.98. The second-order valence-corrected chi connectivity index (χ2v) is 6.89. The summed E-state index contributed by atoms with van der Waals surface area (Å²) >= 11 is 3.42. The molecule has 2 rings (SSSR count). The molecule has 22 heavy (non-hydrogen) atoms. The zero-order valence-electron chi connectivity index (χ0n) is 13.2. The number of phenols is 1. The van der Waals surface area contributed by atoms with E-state index in [2.05, 4.69) is 46.1 Å². The summed E-state index contributed by atoms with van der Waals surface area (Å²) in [6.45, 7) is 8.70. The van der Waals surface area contributed by atoms with Crippen molar-refractivity contribution in [1.82, 2.24) is 10.2 Å². The van der Waals surface area contributed by atoms with E-state index in [0.717, 1.165) is 42.6 Å². The largest absolute Gasteiger partial charge is 0.508 e. The molecule has 1 saturated heterocycles. The Bertz CT molecular complexity index is 440. The molecule has 6 heteroatoms. The number of hydrogen-bond donors (Lipinski definition) is 2. The maximum absolute atomic E-state index is 10.3. The van der Waals surface area contributed by atoms with Gasteiger partial charge in [0.05, 0.1) is 0 Å². The van der Waals surface area contributed by atoms with E-state index in [0.29, 0.717) is 17.7 Å². The van der Waals surface area contributed by atoms with Crippen LogP contribution in [0.25, 0.3) is 0 Å². The molecule has 0 amide bonds. The minimum atomic E-state index is 0. The zero-order chi connectivity index (χ0) is 14.5. The Balaban J connectivity index is 0.00000220. The predicted octanol–water partition coefficient (Wildman–Crippen LogP) is 4.38. The van der Waals surface area contributed by atoms with Crippen LogP contribution >= 0.6 is 40.7 Å². The average molecular weight is 414 g/mol. The van der Waals surface area contributed by atoms with Gasteiger partial charge in [0, 0.05) is 42.3 Å². The first-order valence-electron chi connectivity index (χ1n) is 7.51. The Hall–Kier alpha value is -0.000000000000000111. The molecule has 128 valence electrons. The molecule has 0 saturated carbocycles. The minimum Gasteiger partial charge on any atom is -0.508 e. The van der Waals surface area contributed by atoms with Crippen molar-refractivity contribution in [3.8, 4) is 5.75 Å². The number of phenolic OH excluding ortho intramolecular Hbond substituents is 1. The monoisotopic (exact) mass is 412 g/mol. The first-order chi connectivity index (χ1) is 9.58. The van der Waals surface area contributed by atoms with Crippen molar-refractivity contribution >= 4 is 40.7 Å². The lowest BCUT2D eigenvalue weighted by Gasteiger charge is -2.36. The minimum absolute atomic E-state index is 0. The molecule has 0 aromatic heterocycles. The summed E-state index contributed by atoms with van der Waals surface area (Å²) in [7, 11) is 0. The average Bonchev–Trinajstić information content (AvgIpc) is 2.42. The Morgan fingerprint density at radius 2 is 1.82 bits per heavy atom. The van der Waals surface area contributed by atoms with Crippen LogP contribution in [-0.4, -0.2) is 36.2 Å². The van der Waals surface area contributed by atoms with Crippen molar-refractivity contribution in [2.24, 2.45) is 5.92 Å². The predicted molar refractivity (Wildman–Crippen MR) is 102 cm³/mol. The van der Waals surface area contributed by atoms with E-state index in [4.69, 9.17) is 0 Å². The number of halogens is 3. The summed E-state index contributed by atoms with van der Waals surface area (Å²) < 4.78 is 0.932. The van der Waals surface area contributed by atoms with Crippen molar-refractivity contribution in [2.45, 2.75) is 32.7 Å². The van der Waals surface area contributed by atoms with Crippen LogP contribution in [0.4, 0.5) is 0 Å². The highest BCUT2D eigenvalue weighted by Crippen LogP contribution is 2.34. The third kappa shape index (κ3) is 6.25. The lowest BCUT2D eigenvalue weighted by Crippen LogP contribution is -2.45. The van der Waals surface area contributed by atoms with E-state index < -0.39 is 0 Å². The Labute approximate surface area is 154 Å². The molecule has 0 unspecified atom stereocenters. The van der Waals surface area contributed by atoms with Gasteiger partial charge in [-0.2, -0.15) is 0 Å². The molecule has 0 spiro atoms. The van der Waals surface area contributed by atoms with Crippen LogP contribution in [0.5, 0.6) is 5.75 Å². The van der Waals surface area contributed by atoms with Crippen molar-refractivity contribution < 1.29 is 5.11 Å². The molecule has 3 nitrogen and oxygen atoms in total. The summed E-state index contributed by atoms with van der Waals surface area (Å²) in [4.78, 5) is 2.50. The van der Waals surface area contributed by atoms with Crippen LogP contribution in [-0.2, 0) is 0 Å². The summed E-state index contributed by atoms with van der Waals surface area (Å²) in [5.74, 6) is 1.10. The number of nitrogens with zero attached hydrogens (tertiary/aromatic N) is 1. The van der Waals surface area contributed by atoms with Gasteiger partial charge in [0.1, 0.15) is 5.75 Å². The lowest BCUT2D eigenvalue weighted by atomic mass is 9.95. The van der Waals surface area contributed by atoms with Gasteiger partial charge < -0.3 is 10.4 Å². The SMILES string of the molecule is CC(C)CC[C@@H](c1ccc(Br)cc1O)N1CCNCC1.Cl.Cl. The normalized spacial score (nSPS) is 16.7. The van der Waals surface area contributed by atoms with Gasteiger partial charge in [0.25, 0.3) is 0 Å². The van der Waals surface area contributed by atoms with E-state index in [1.165, 1.54) is 6.42 Å². The van der Waals surface area contributed by atoms with Crippen LogP contribution in [0.15, 0.2) is 22.7 Å². The molecule has 0 radical (unpaired) electrons. The molecular formula is C16H27BrCl2N2O. The van der Waals surface area contributed by atoms with Gasteiger partial charge in [0.15, 0.2) is 0 Å².